The van der Waals surface area contributed by atoms with Crippen LogP contribution >= 0.6 is 0 Å². The van der Waals surface area contributed by atoms with Crippen LogP contribution in [-0.4, -0.2) is 18.3 Å². The molecule has 0 aliphatic heterocycles. The SMILES string of the molecule is CCCCCCCCCOc1ccc(C#CCCO)cc1. The maximum Gasteiger partial charge on any atom is 0.119 e. The third-order valence-electron chi connectivity index (χ3n) is 3.34. The Balaban J connectivity index is 2.11. The summed E-state index contributed by atoms with van der Waals surface area (Å²) in [4.78, 5) is 0. The highest BCUT2D eigenvalue weighted by molar-refractivity contribution is 5.38. The Morgan fingerprint density at radius 3 is 2.29 bits per heavy atom. The number of benzene rings is 1. The predicted molar refractivity (Wildman–Crippen MR) is 88.5 cm³/mol. The number of ether oxygens (including phenoxy) is 1. The van der Waals surface area contributed by atoms with Crippen molar-refractivity contribution in [1.29, 1.82) is 0 Å². The van der Waals surface area contributed by atoms with E-state index in [1.54, 1.807) is 0 Å². The van der Waals surface area contributed by atoms with E-state index in [-0.39, 0.29) is 6.61 Å². The van der Waals surface area contributed by atoms with Crippen LogP contribution in [0.25, 0.3) is 0 Å². The molecule has 0 saturated heterocycles. The van der Waals surface area contributed by atoms with Gasteiger partial charge in [-0.2, -0.15) is 0 Å². The van der Waals surface area contributed by atoms with Gasteiger partial charge in [0.2, 0.25) is 0 Å². The summed E-state index contributed by atoms with van der Waals surface area (Å²) in [5, 5.41) is 8.67. The Morgan fingerprint density at radius 2 is 1.62 bits per heavy atom. The van der Waals surface area contributed by atoms with Gasteiger partial charge in [0.05, 0.1) is 13.2 Å². The molecule has 0 bridgehead atoms. The second-order valence-electron chi connectivity index (χ2n) is 5.27. The van der Waals surface area contributed by atoms with E-state index in [0.29, 0.717) is 6.42 Å². The first-order valence-electron chi connectivity index (χ1n) is 8.19. The highest BCUT2D eigenvalue weighted by Crippen LogP contribution is 2.13. The minimum Gasteiger partial charge on any atom is -0.494 e. The lowest BCUT2D eigenvalue weighted by molar-refractivity contribution is 0.304. The maximum atomic E-state index is 8.67. The predicted octanol–water partition coefficient (Wildman–Crippen LogP) is 4.55. The van der Waals surface area contributed by atoms with E-state index in [0.717, 1.165) is 24.3 Å². The maximum absolute atomic E-state index is 8.67. The molecular weight excluding hydrogens is 260 g/mol. The molecule has 0 fully saturated rings. The molecule has 0 saturated carbocycles. The first-order chi connectivity index (χ1) is 10.4. The molecule has 1 aromatic carbocycles. The lowest BCUT2D eigenvalue weighted by atomic mass is 10.1. The number of unbranched alkanes of at least 4 members (excludes halogenated alkanes) is 6. The van der Waals surface area contributed by atoms with Crippen LogP contribution in [0, 0.1) is 11.8 Å². The van der Waals surface area contributed by atoms with Gasteiger partial charge in [0.1, 0.15) is 5.75 Å². The van der Waals surface area contributed by atoms with Crippen LogP contribution in [0.5, 0.6) is 5.75 Å². The molecule has 1 N–H and O–H groups in total. The molecule has 2 heteroatoms. The molecule has 0 aromatic heterocycles. The number of rotatable bonds is 10. The van der Waals surface area contributed by atoms with Gasteiger partial charge in [0.25, 0.3) is 0 Å². The first kappa shape index (κ1) is 17.6. The Labute approximate surface area is 129 Å². The van der Waals surface area contributed by atoms with Gasteiger partial charge in [0.15, 0.2) is 0 Å². The highest BCUT2D eigenvalue weighted by Gasteiger charge is 1.95. The van der Waals surface area contributed by atoms with Crippen LogP contribution in [0.3, 0.4) is 0 Å². The van der Waals surface area contributed by atoms with E-state index in [1.165, 1.54) is 38.5 Å². The van der Waals surface area contributed by atoms with Gasteiger partial charge in [0, 0.05) is 12.0 Å². The second kappa shape index (κ2) is 12.3. The van der Waals surface area contributed by atoms with E-state index in [1.807, 2.05) is 24.3 Å². The van der Waals surface area contributed by atoms with Crippen LogP contribution in [0.2, 0.25) is 0 Å². The van der Waals surface area contributed by atoms with Crippen molar-refractivity contribution in [2.75, 3.05) is 13.2 Å². The lowest BCUT2D eigenvalue weighted by Gasteiger charge is -2.06. The van der Waals surface area contributed by atoms with Gasteiger partial charge < -0.3 is 9.84 Å². The van der Waals surface area contributed by atoms with Crippen LogP contribution < -0.4 is 4.74 Å². The van der Waals surface area contributed by atoms with Gasteiger partial charge >= 0.3 is 0 Å². The summed E-state index contributed by atoms with van der Waals surface area (Å²) in [6.07, 6.45) is 9.64. The summed E-state index contributed by atoms with van der Waals surface area (Å²) >= 11 is 0. The van der Waals surface area contributed by atoms with E-state index >= 15 is 0 Å². The Morgan fingerprint density at radius 1 is 0.952 bits per heavy atom. The average molecular weight is 288 g/mol. The van der Waals surface area contributed by atoms with E-state index in [9.17, 15) is 0 Å². The second-order valence-corrected chi connectivity index (χ2v) is 5.27. The zero-order valence-electron chi connectivity index (χ0n) is 13.2. The average Bonchev–Trinajstić information content (AvgIpc) is 2.52. The molecule has 0 spiro atoms. The van der Waals surface area contributed by atoms with Crippen molar-refractivity contribution in [3.8, 4) is 17.6 Å². The summed E-state index contributed by atoms with van der Waals surface area (Å²) in [5.74, 6) is 6.83. The zero-order chi connectivity index (χ0) is 15.2. The fourth-order valence-corrected chi connectivity index (χ4v) is 2.10. The normalized spacial score (nSPS) is 10.0. The minimum absolute atomic E-state index is 0.118. The summed E-state index contributed by atoms with van der Waals surface area (Å²) < 4.78 is 5.73. The smallest absolute Gasteiger partial charge is 0.119 e. The number of aliphatic hydroxyl groups excluding tert-OH is 1. The largest absolute Gasteiger partial charge is 0.494 e. The molecule has 0 aliphatic rings. The van der Waals surface area contributed by atoms with Gasteiger partial charge in [-0.1, -0.05) is 57.3 Å². The van der Waals surface area contributed by atoms with Crippen LogP contribution in [0.1, 0.15) is 63.9 Å². The van der Waals surface area contributed by atoms with E-state index in [4.69, 9.17) is 9.84 Å². The van der Waals surface area contributed by atoms with Gasteiger partial charge in [-0.05, 0) is 30.7 Å². The quantitative estimate of drug-likeness (QED) is 0.505. The van der Waals surface area contributed by atoms with Crippen molar-refractivity contribution < 1.29 is 9.84 Å². The van der Waals surface area contributed by atoms with Crippen molar-refractivity contribution in [1.82, 2.24) is 0 Å². The third kappa shape index (κ3) is 9.15. The van der Waals surface area contributed by atoms with Gasteiger partial charge in [-0.15, -0.1) is 0 Å². The van der Waals surface area contributed by atoms with Crippen molar-refractivity contribution in [3.05, 3.63) is 29.8 Å². The minimum atomic E-state index is 0.118. The zero-order valence-corrected chi connectivity index (χ0v) is 13.2. The molecular formula is C19H28O2. The number of hydrogen-bond acceptors (Lipinski definition) is 2. The Hall–Kier alpha value is -1.46. The third-order valence-corrected chi connectivity index (χ3v) is 3.34. The summed E-state index contributed by atoms with van der Waals surface area (Å²) in [5.41, 5.74) is 0.965. The topological polar surface area (TPSA) is 29.5 Å². The molecule has 0 heterocycles. The molecule has 1 aromatic rings. The molecule has 0 radical (unpaired) electrons. The van der Waals surface area contributed by atoms with Gasteiger partial charge in [-0.3, -0.25) is 0 Å². The monoisotopic (exact) mass is 288 g/mol. The van der Waals surface area contributed by atoms with Crippen LogP contribution in [-0.2, 0) is 0 Å². The summed E-state index contributed by atoms with van der Waals surface area (Å²) in [6, 6.07) is 7.85. The molecule has 0 unspecified atom stereocenters. The number of aliphatic hydroxyl groups is 1. The molecule has 116 valence electrons. The standard InChI is InChI=1S/C19H28O2/c1-2-3-4-5-6-7-10-17-21-19-14-12-18(13-15-19)11-8-9-16-20/h12-15,20H,2-7,9-10,16-17H2,1H3. The van der Waals surface area contributed by atoms with Crippen LogP contribution in [0.4, 0.5) is 0 Å². The molecule has 0 aliphatic carbocycles. The molecule has 0 atom stereocenters. The molecule has 0 amide bonds. The Bertz CT molecular complexity index is 411. The summed E-state index contributed by atoms with van der Waals surface area (Å²) in [7, 11) is 0. The van der Waals surface area contributed by atoms with Crippen molar-refractivity contribution in [2.24, 2.45) is 0 Å². The molecule has 21 heavy (non-hydrogen) atoms. The first-order valence-corrected chi connectivity index (χ1v) is 8.19. The van der Waals surface area contributed by atoms with Crippen molar-refractivity contribution in [2.45, 2.75) is 58.3 Å². The van der Waals surface area contributed by atoms with E-state index in [2.05, 4.69) is 18.8 Å². The summed E-state index contributed by atoms with van der Waals surface area (Å²) in [6.45, 7) is 3.16. The lowest BCUT2D eigenvalue weighted by Crippen LogP contribution is -1.97. The molecule has 2 nitrogen and oxygen atoms in total. The van der Waals surface area contributed by atoms with Crippen LogP contribution in [0.15, 0.2) is 24.3 Å². The fraction of sp³-hybridized carbons (Fsp3) is 0.579. The van der Waals surface area contributed by atoms with Gasteiger partial charge in [-0.25, -0.2) is 0 Å². The molecule has 1 rings (SSSR count). The van der Waals surface area contributed by atoms with E-state index < -0.39 is 0 Å². The Kier molecular flexibility index (Phi) is 10.3. The fourth-order valence-electron chi connectivity index (χ4n) is 2.10. The number of hydrogen-bond donors (Lipinski definition) is 1. The highest BCUT2D eigenvalue weighted by atomic mass is 16.5. The van der Waals surface area contributed by atoms with Crippen molar-refractivity contribution >= 4 is 0 Å². The van der Waals surface area contributed by atoms with Crippen molar-refractivity contribution in [3.63, 3.8) is 0 Å².